The summed E-state index contributed by atoms with van der Waals surface area (Å²) in [6, 6.07) is 0.256. The summed E-state index contributed by atoms with van der Waals surface area (Å²) in [5, 5.41) is 3.01. The Bertz CT molecular complexity index is 192. The van der Waals surface area contributed by atoms with Gasteiger partial charge in [-0.15, -0.1) is 11.6 Å². The molecule has 0 heterocycles. The lowest BCUT2D eigenvalue weighted by atomic mass is 9.94. The minimum Gasteiger partial charge on any atom is -0.353 e. The van der Waals surface area contributed by atoms with Gasteiger partial charge in [0.05, 0.1) is 5.41 Å². The second-order valence-corrected chi connectivity index (χ2v) is 5.16. The van der Waals surface area contributed by atoms with Crippen molar-refractivity contribution in [3.63, 3.8) is 0 Å². The molecule has 0 aromatic heterocycles. The van der Waals surface area contributed by atoms with Gasteiger partial charge in [-0.3, -0.25) is 4.79 Å². The molecule has 0 saturated heterocycles. The molecule has 2 nitrogen and oxygen atoms in total. The van der Waals surface area contributed by atoms with Crippen LogP contribution in [0.2, 0.25) is 0 Å². The van der Waals surface area contributed by atoms with E-state index >= 15 is 0 Å². The third-order valence-electron chi connectivity index (χ3n) is 2.57. The molecule has 0 spiro atoms. The Balaban J connectivity index is 3.86. The van der Waals surface area contributed by atoms with Crippen LogP contribution in [0.3, 0.4) is 0 Å². The first-order valence-electron chi connectivity index (χ1n) is 5.81. The molecule has 1 N–H and O–H groups in total. The Morgan fingerprint density at radius 3 is 2.47 bits per heavy atom. The lowest BCUT2D eigenvalue weighted by Gasteiger charge is -2.23. The van der Waals surface area contributed by atoms with E-state index in [1.165, 1.54) is 19.3 Å². The zero-order chi connectivity index (χ0) is 11.9. The maximum atomic E-state index is 11.7. The molecule has 0 rings (SSSR count). The van der Waals surface area contributed by atoms with Crippen LogP contribution in [0.15, 0.2) is 0 Å². The highest BCUT2D eigenvalue weighted by Crippen LogP contribution is 2.17. The van der Waals surface area contributed by atoms with Gasteiger partial charge in [0.2, 0.25) is 5.91 Å². The number of hydrogen-bond acceptors (Lipinski definition) is 1. The van der Waals surface area contributed by atoms with Crippen molar-refractivity contribution in [2.24, 2.45) is 5.41 Å². The van der Waals surface area contributed by atoms with E-state index in [0.29, 0.717) is 5.88 Å². The molecule has 0 fully saturated rings. The zero-order valence-electron chi connectivity index (χ0n) is 10.4. The Morgan fingerprint density at radius 1 is 1.40 bits per heavy atom. The van der Waals surface area contributed by atoms with Crippen LogP contribution in [-0.2, 0) is 4.79 Å². The number of alkyl halides is 1. The van der Waals surface area contributed by atoms with Gasteiger partial charge >= 0.3 is 0 Å². The molecule has 0 aliphatic carbocycles. The molecule has 0 aliphatic heterocycles. The first kappa shape index (κ1) is 14.8. The summed E-state index contributed by atoms with van der Waals surface area (Å²) in [4.78, 5) is 11.7. The Hall–Kier alpha value is -0.240. The fourth-order valence-electron chi connectivity index (χ4n) is 1.25. The SMILES string of the molecule is CCCCCC(C)NC(=O)C(C)(C)CCl. The highest BCUT2D eigenvalue weighted by Gasteiger charge is 2.27. The Kier molecular flexibility index (Phi) is 6.99. The number of carbonyl (C=O) groups excluding carboxylic acids is 1. The summed E-state index contributed by atoms with van der Waals surface area (Å²) in [6.07, 6.45) is 4.68. The molecule has 1 atom stereocenters. The highest BCUT2D eigenvalue weighted by atomic mass is 35.5. The van der Waals surface area contributed by atoms with Crippen molar-refractivity contribution in [1.82, 2.24) is 5.32 Å². The maximum Gasteiger partial charge on any atom is 0.227 e. The number of carbonyl (C=O) groups is 1. The predicted octanol–water partition coefficient (Wildman–Crippen LogP) is 3.34. The molecule has 0 aliphatic rings. The third kappa shape index (κ3) is 6.03. The van der Waals surface area contributed by atoms with Crippen molar-refractivity contribution in [3.8, 4) is 0 Å². The third-order valence-corrected chi connectivity index (χ3v) is 3.24. The molecular formula is C12H24ClNO. The van der Waals surface area contributed by atoms with E-state index in [1.807, 2.05) is 13.8 Å². The van der Waals surface area contributed by atoms with Gasteiger partial charge in [-0.2, -0.15) is 0 Å². The van der Waals surface area contributed by atoms with Crippen LogP contribution in [0.1, 0.15) is 53.4 Å². The summed E-state index contributed by atoms with van der Waals surface area (Å²) in [7, 11) is 0. The quantitative estimate of drug-likeness (QED) is 0.531. The summed E-state index contributed by atoms with van der Waals surface area (Å²) >= 11 is 5.74. The van der Waals surface area contributed by atoms with Crippen molar-refractivity contribution in [1.29, 1.82) is 0 Å². The summed E-state index contributed by atoms with van der Waals surface area (Å²) in [6.45, 7) is 7.97. The van der Waals surface area contributed by atoms with Crippen LogP contribution in [-0.4, -0.2) is 17.8 Å². The molecule has 0 aromatic rings. The lowest BCUT2D eigenvalue weighted by molar-refractivity contribution is -0.129. The molecule has 0 saturated carbocycles. The Labute approximate surface area is 98.8 Å². The summed E-state index contributed by atoms with van der Waals surface area (Å²) in [5.74, 6) is 0.419. The maximum absolute atomic E-state index is 11.7. The van der Waals surface area contributed by atoms with Crippen molar-refractivity contribution >= 4 is 17.5 Å². The zero-order valence-corrected chi connectivity index (χ0v) is 11.2. The number of unbranched alkanes of at least 4 members (excludes halogenated alkanes) is 2. The van der Waals surface area contributed by atoms with Gasteiger partial charge in [-0.05, 0) is 27.2 Å². The van der Waals surface area contributed by atoms with Crippen molar-refractivity contribution in [2.75, 3.05) is 5.88 Å². The van der Waals surface area contributed by atoms with E-state index in [1.54, 1.807) is 0 Å². The van der Waals surface area contributed by atoms with E-state index in [4.69, 9.17) is 11.6 Å². The van der Waals surface area contributed by atoms with Crippen LogP contribution < -0.4 is 5.32 Å². The largest absolute Gasteiger partial charge is 0.353 e. The summed E-state index contributed by atoms with van der Waals surface area (Å²) < 4.78 is 0. The smallest absolute Gasteiger partial charge is 0.227 e. The number of amides is 1. The molecule has 0 bridgehead atoms. The van der Waals surface area contributed by atoms with Crippen LogP contribution in [0.4, 0.5) is 0 Å². The molecule has 15 heavy (non-hydrogen) atoms. The number of rotatable bonds is 7. The average Bonchev–Trinajstić information content (AvgIpc) is 2.18. The second kappa shape index (κ2) is 7.10. The van der Waals surface area contributed by atoms with E-state index in [0.717, 1.165) is 6.42 Å². The molecular weight excluding hydrogens is 210 g/mol. The summed E-state index contributed by atoms with van der Waals surface area (Å²) in [5.41, 5.74) is -0.458. The van der Waals surface area contributed by atoms with Gasteiger partial charge in [-0.1, -0.05) is 26.2 Å². The van der Waals surface area contributed by atoms with Gasteiger partial charge in [0.1, 0.15) is 0 Å². The topological polar surface area (TPSA) is 29.1 Å². The molecule has 1 amide bonds. The normalized spacial score (nSPS) is 13.7. The molecule has 1 unspecified atom stereocenters. The molecule has 0 radical (unpaired) electrons. The monoisotopic (exact) mass is 233 g/mol. The number of nitrogens with one attached hydrogen (secondary N) is 1. The van der Waals surface area contributed by atoms with Crippen LogP contribution in [0.5, 0.6) is 0 Å². The standard InChI is InChI=1S/C12H24ClNO/c1-5-6-7-8-10(2)14-11(15)12(3,4)9-13/h10H,5-9H2,1-4H3,(H,14,15). The molecule has 0 aromatic carbocycles. The van der Waals surface area contributed by atoms with E-state index < -0.39 is 5.41 Å². The van der Waals surface area contributed by atoms with Gasteiger partial charge in [-0.25, -0.2) is 0 Å². The second-order valence-electron chi connectivity index (χ2n) is 4.89. The minimum atomic E-state index is -0.458. The first-order chi connectivity index (χ1) is 6.94. The van der Waals surface area contributed by atoms with Crippen molar-refractivity contribution in [3.05, 3.63) is 0 Å². The van der Waals surface area contributed by atoms with E-state index in [9.17, 15) is 4.79 Å². The minimum absolute atomic E-state index is 0.0569. The lowest BCUT2D eigenvalue weighted by Crippen LogP contribution is -2.42. The highest BCUT2D eigenvalue weighted by molar-refractivity contribution is 6.19. The molecule has 3 heteroatoms. The van der Waals surface area contributed by atoms with Crippen molar-refractivity contribution < 1.29 is 4.79 Å². The number of halogens is 1. The number of hydrogen-bond donors (Lipinski definition) is 1. The van der Waals surface area contributed by atoms with Crippen LogP contribution in [0, 0.1) is 5.41 Å². The first-order valence-corrected chi connectivity index (χ1v) is 6.34. The van der Waals surface area contributed by atoms with E-state index in [2.05, 4.69) is 19.2 Å². The van der Waals surface area contributed by atoms with Crippen LogP contribution in [0.25, 0.3) is 0 Å². The van der Waals surface area contributed by atoms with Crippen molar-refractivity contribution in [2.45, 2.75) is 59.4 Å². The van der Waals surface area contributed by atoms with Gasteiger partial charge in [0, 0.05) is 11.9 Å². The van der Waals surface area contributed by atoms with Gasteiger partial charge in [0.15, 0.2) is 0 Å². The van der Waals surface area contributed by atoms with Gasteiger partial charge < -0.3 is 5.32 Å². The Morgan fingerprint density at radius 2 is 2.00 bits per heavy atom. The van der Waals surface area contributed by atoms with Crippen LogP contribution >= 0.6 is 11.6 Å². The molecule has 90 valence electrons. The fourth-order valence-corrected chi connectivity index (χ4v) is 1.37. The predicted molar refractivity (Wildman–Crippen MR) is 66.2 cm³/mol. The fraction of sp³-hybridized carbons (Fsp3) is 0.917. The van der Waals surface area contributed by atoms with Gasteiger partial charge in [0.25, 0.3) is 0 Å². The van der Waals surface area contributed by atoms with E-state index in [-0.39, 0.29) is 11.9 Å². The average molecular weight is 234 g/mol.